The summed E-state index contributed by atoms with van der Waals surface area (Å²) in [4.78, 5) is 16.5. The largest absolute Gasteiger partial charge is 0.444 e. The van der Waals surface area contributed by atoms with E-state index in [1.807, 2.05) is 39.0 Å². The first-order valence-electron chi connectivity index (χ1n) is 8.08. The van der Waals surface area contributed by atoms with Crippen molar-refractivity contribution in [3.05, 3.63) is 35.9 Å². The topological polar surface area (TPSA) is 32.8 Å². The van der Waals surface area contributed by atoms with Crippen LogP contribution >= 0.6 is 0 Å². The Morgan fingerprint density at radius 2 is 2.00 bits per heavy atom. The third kappa shape index (κ3) is 5.30. The number of terminal acetylenes is 1. The van der Waals surface area contributed by atoms with Gasteiger partial charge in [-0.1, -0.05) is 30.3 Å². The Labute approximate surface area is 139 Å². The van der Waals surface area contributed by atoms with Gasteiger partial charge in [-0.15, -0.1) is 12.3 Å². The monoisotopic (exact) mass is 314 g/mol. The van der Waals surface area contributed by atoms with Gasteiger partial charge in [-0.2, -0.15) is 0 Å². The molecule has 1 heterocycles. The van der Waals surface area contributed by atoms with E-state index in [-0.39, 0.29) is 12.1 Å². The molecule has 2 rings (SSSR count). The number of piperazine rings is 1. The van der Waals surface area contributed by atoms with E-state index in [1.165, 1.54) is 5.56 Å². The van der Waals surface area contributed by atoms with Crippen LogP contribution in [0.25, 0.3) is 0 Å². The molecule has 0 N–H and O–H groups in total. The zero-order valence-corrected chi connectivity index (χ0v) is 14.3. The molecule has 1 saturated heterocycles. The molecule has 23 heavy (non-hydrogen) atoms. The predicted molar refractivity (Wildman–Crippen MR) is 91.9 cm³/mol. The summed E-state index contributed by atoms with van der Waals surface area (Å²) in [6.45, 7) is 8.78. The standard InChI is InChI=1S/C19H26N2O2/c1-5-9-17-15-20(14-16-10-7-6-8-11-16)12-13-21(17)18(22)23-19(2,3)4/h1,6-8,10-11,17H,9,12-15H2,2-4H3. The molecule has 1 fully saturated rings. The fraction of sp³-hybridized carbons (Fsp3) is 0.526. The molecule has 0 saturated carbocycles. The van der Waals surface area contributed by atoms with Gasteiger partial charge in [0.15, 0.2) is 0 Å². The van der Waals surface area contributed by atoms with E-state index in [9.17, 15) is 4.79 Å². The van der Waals surface area contributed by atoms with E-state index in [0.717, 1.165) is 19.6 Å². The average molecular weight is 314 g/mol. The second kappa shape index (κ2) is 7.52. The third-order valence-corrected chi connectivity index (χ3v) is 3.80. The van der Waals surface area contributed by atoms with E-state index in [1.54, 1.807) is 4.90 Å². The molecule has 1 aliphatic heterocycles. The van der Waals surface area contributed by atoms with Crippen LogP contribution in [0.4, 0.5) is 4.79 Å². The molecule has 0 spiro atoms. The van der Waals surface area contributed by atoms with E-state index in [0.29, 0.717) is 13.0 Å². The molecule has 4 nitrogen and oxygen atoms in total. The van der Waals surface area contributed by atoms with Gasteiger partial charge in [-0.25, -0.2) is 4.79 Å². The van der Waals surface area contributed by atoms with Gasteiger partial charge in [0.2, 0.25) is 0 Å². The van der Waals surface area contributed by atoms with Crippen LogP contribution in [0.2, 0.25) is 0 Å². The van der Waals surface area contributed by atoms with Crippen molar-refractivity contribution in [2.24, 2.45) is 0 Å². The first-order chi connectivity index (χ1) is 10.9. The average Bonchev–Trinajstić information content (AvgIpc) is 2.47. The molecule has 0 aliphatic carbocycles. The van der Waals surface area contributed by atoms with Gasteiger partial charge in [0.25, 0.3) is 0 Å². The van der Waals surface area contributed by atoms with Gasteiger partial charge in [0, 0.05) is 32.6 Å². The van der Waals surface area contributed by atoms with Crippen LogP contribution in [0.15, 0.2) is 30.3 Å². The lowest BCUT2D eigenvalue weighted by Gasteiger charge is -2.41. The Hall–Kier alpha value is -1.99. The number of carbonyl (C=O) groups is 1. The molecule has 1 atom stereocenters. The Morgan fingerprint density at radius 3 is 2.61 bits per heavy atom. The van der Waals surface area contributed by atoms with Gasteiger partial charge in [-0.05, 0) is 26.3 Å². The van der Waals surface area contributed by atoms with E-state index < -0.39 is 5.60 Å². The van der Waals surface area contributed by atoms with Crippen molar-refractivity contribution >= 4 is 6.09 Å². The van der Waals surface area contributed by atoms with Crippen molar-refractivity contribution in [1.82, 2.24) is 9.80 Å². The number of benzene rings is 1. The van der Waals surface area contributed by atoms with Crippen molar-refractivity contribution in [1.29, 1.82) is 0 Å². The molecule has 0 aromatic heterocycles. The number of rotatable bonds is 3. The highest BCUT2D eigenvalue weighted by molar-refractivity contribution is 5.68. The van der Waals surface area contributed by atoms with E-state index >= 15 is 0 Å². The Kier molecular flexibility index (Phi) is 5.68. The minimum absolute atomic E-state index is 0.00677. The van der Waals surface area contributed by atoms with Crippen LogP contribution < -0.4 is 0 Å². The number of hydrogen-bond acceptors (Lipinski definition) is 3. The van der Waals surface area contributed by atoms with Crippen LogP contribution in [0, 0.1) is 12.3 Å². The summed E-state index contributed by atoms with van der Waals surface area (Å²) >= 11 is 0. The summed E-state index contributed by atoms with van der Waals surface area (Å²) in [6, 6.07) is 10.4. The molecular weight excluding hydrogens is 288 g/mol. The van der Waals surface area contributed by atoms with Gasteiger partial charge in [0.05, 0.1) is 6.04 Å². The van der Waals surface area contributed by atoms with Crippen LogP contribution in [-0.4, -0.2) is 47.2 Å². The zero-order chi connectivity index (χ0) is 16.9. The number of hydrogen-bond donors (Lipinski definition) is 0. The molecule has 4 heteroatoms. The van der Waals surface area contributed by atoms with Gasteiger partial charge >= 0.3 is 6.09 Å². The molecule has 1 unspecified atom stereocenters. The third-order valence-electron chi connectivity index (χ3n) is 3.80. The van der Waals surface area contributed by atoms with Crippen LogP contribution in [0.1, 0.15) is 32.8 Å². The second-order valence-corrected chi connectivity index (χ2v) is 6.96. The first kappa shape index (κ1) is 17.4. The maximum absolute atomic E-state index is 12.4. The molecule has 1 amide bonds. The normalized spacial score (nSPS) is 19.2. The Balaban J connectivity index is 2.00. The maximum Gasteiger partial charge on any atom is 0.410 e. The second-order valence-electron chi connectivity index (χ2n) is 6.96. The SMILES string of the molecule is C#CCC1CN(Cc2ccccc2)CCN1C(=O)OC(C)(C)C. The Bertz CT molecular complexity index is 557. The summed E-state index contributed by atoms with van der Waals surface area (Å²) in [6.07, 6.45) is 5.78. The minimum atomic E-state index is -0.487. The highest BCUT2D eigenvalue weighted by Crippen LogP contribution is 2.19. The highest BCUT2D eigenvalue weighted by Gasteiger charge is 2.32. The highest BCUT2D eigenvalue weighted by atomic mass is 16.6. The number of ether oxygens (including phenoxy) is 1. The van der Waals surface area contributed by atoms with Crippen molar-refractivity contribution in [2.75, 3.05) is 19.6 Å². The first-order valence-corrected chi connectivity index (χ1v) is 8.08. The Morgan fingerprint density at radius 1 is 1.30 bits per heavy atom. The zero-order valence-electron chi connectivity index (χ0n) is 14.3. The number of nitrogens with zero attached hydrogens (tertiary/aromatic N) is 2. The van der Waals surface area contributed by atoms with Gasteiger partial charge in [-0.3, -0.25) is 4.90 Å². The van der Waals surface area contributed by atoms with Gasteiger partial charge in [0.1, 0.15) is 5.60 Å². The van der Waals surface area contributed by atoms with Gasteiger partial charge < -0.3 is 9.64 Å². The lowest BCUT2D eigenvalue weighted by molar-refractivity contribution is -0.00158. The molecule has 1 aromatic rings. The smallest absolute Gasteiger partial charge is 0.410 e. The number of amides is 1. The van der Waals surface area contributed by atoms with Crippen LogP contribution in [0.3, 0.4) is 0 Å². The quantitative estimate of drug-likeness (QED) is 0.804. The summed E-state index contributed by atoms with van der Waals surface area (Å²) < 4.78 is 5.51. The van der Waals surface area contributed by atoms with E-state index in [2.05, 4.69) is 23.0 Å². The molecule has 1 aliphatic rings. The molecule has 124 valence electrons. The summed E-state index contributed by atoms with van der Waals surface area (Å²) in [5.41, 5.74) is 0.788. The predicted octanol–water partition coefficient (Wildman–Crippen LogP) is 3.13. The fourth-order valence-electron chi connectivity index (χ4n) is 2.78. The van der Waals surface area contributed by atoms with Crippen molar-refractivity contribution < 1.29 is 9.53 Å². The van der Waals surface area contributed by atoms with Crippen molar-refractivity contribution in [3.63, 3.8) is 0 Å². The van der Waals surface area contributed by atoms with Crippen LogP contribution in [0.5, 0.6) is 0 Å². The summed E-state index contributed by atoms with van der Waals surface area (Å²) in [5, 5.41) is 0. The molecular formula is C19H26N2O2. The van der Waals surface area contributed by atoms with Crippen molar-refractivity contribution in [2.45, 2.75) is 45.4 Å². The molecule has 0 bridgehead atoms. The summed E-state index contributed by atoms with van der Waals surface area (Å²) in [7, 11) is 0. The lowest BCUT2D eigenvalue weighted by Crippen LogP contribution is -2.55. The minimum Gasteiger partial charge on any atom is -0.444 e. The number of carbonyl (C=O) groups excluding carboxylic acids is 1. The fourth-order valence-corrected chi connectivity index (χ4v) is 2.78. The van der Waals surface area contributed by atoms with E-state index in [4.69, 9.17) is 11.2 Å². The molecule has 1 aromatic carbocycles. The molecule has 0 radical (unpaired) electrons. The maximum atomic E-state index is 12.4. The lowest BCUT2D eigenvalue weighted by atomic mass is 10.1. The van der Waals surface area contributed by atoms with Crippen molar-refractivity contribution in [3.8, 4) is 12.3 Å². The van der Waals surface area contributed by atoms with Crippen LogP contribution in [-0.2, 0) is 11.3 Å². The summed E-state index contributed by atoms with van der Waals surface area (Å²) in [5.74, 6) is 2.69.